The predicted octanol–water partition coefficient (Wildman–Crippen LogP) is 1.67. The Hall–Kier alpha value is -1.78. The average Bonchev–Trinajstić information content (AvgIpc) is 2.79. The predicted molar refractivity (Wildman–Crippen MR) is 65.9 cm³/mol. The highest BCUT2D eigenvalue weighted by Crippen LogP contribution is 2.04. The summed E-state index contributed by atoms with van der Waals surface area (Å²) in [5, 5.41) is 2.81. The lowest BCUT2D eigenvalue weighted by molar-refractivity contribution is -0.144. The van der Waals surface area contributed by atoms with Gasteiger partial charge in [0.25, 0.3) is 0 Å². The van der Waals surface area contributed by atoms with E-state index in [2.05, 4.69) is 5.32 Å². The van der Waals surface area contributed by atoms with E-state index < -0.39 is 0 Å². The molecule has 1 atom stereocenters. The molecule has 18 heavy (non-hydrogen) atoms. The number of esters is 1. The fourth-order valence-corrected chi connectivity index (χ4v) is 1.58. The van der Waals surface area contributed by atoms with E-state index in [1.807, 2.05) is 19.1 Å². The van der Waals surface area contributed by atoms with Crippen LogP contribution in [0.1, 0.15) is 32.4 Å². The van der Waals surface area contributed by atoms with Crippen molar-refractivity contribution < 1.29 is 18.7 Å². The quantitative estimate of drug-likeness (QED) is 0.750. The molecule has 0 aliphatic rings. The van der Waals surface area contributed by atoms with E-state index in [1.54, 1.807) is 13.2 Å². The van der Waals surface area contributed by atoms with Gasteiger partial charge in [0.2, 0.25) is 5.91 Å². The van der Waals surface area contributed by atoms with Gasteiger partial charge in [0, 0.05) is 18.9 Å². The molecule has 1 heterocycles. The van der Waals surface area contributed by atoms with Crippen molar-refractivity contribution in [2.45, 2.75) is 39.2 Å². The molecule has 0 fully saturated rings. The molecule has 1 aromatic heterocycles. The monoisotopic (exact) mass is 253 g/mol. The molecule has 1 aromatic rings. The molecule has 0 bridgehead atoms. The molecule has 100 valence electrons. The summed E-state index contributed by atoms with van der Waals surface area (Å²) in [4.78, 5) is 22.6. The fourth-order valence-electron chi connectivity index (χ4n) is 1.58. The number of amides is 1. The lowest BCUT2D eigenvalue weighted by atomic mass is 10.2. The Morgan fingerprint density at radius 3 is 2.83 bits per heavy atom. The molecule has 1 N–H and O–H groups in total. The van der Waals surface area contributed by atoms with Crippen LogP contribution in [0.5, 0.6) is 0 Å². The third-order valence-corrected chi connectivity index (χ3v) is 2.36. The van der Waals surface area contributed by atoms with Crippen molar-refractivity contribution in [1.29, 1.82) is 0 Å². The molecule has 0 aromatic carbocycles. The van der Waals surface area contributed by atoms with Crippen LogP contribution >= 0.6 is 0 Å². The van der Waals surface area contributed by atoms with Crippen LogP contribution in [0, 0.1) is 0 Å². The highest BCUT2D eigenvalue weighted by atomic mass is 16.5. The zero-order valence-electron chi connectivity index (χ0n) is 10.8. The van der Waals surface area contributed by atoms with Gasteiger partial charge >= 0.3 is 5.97 Å². The van der Waals surface area contributed by atoms with Crippen LogP contribution < -0.4 is 5.32 Å². The fraction of sp³-hybridized carbons (Fsp3) is 0.538. The number of carbonyl (C=O) groups excluding carboxylic acids is 2. The summed E-state index contributed by atoms with van der Waals surface area (Å²) in [6.07, 6.45) is 2.51. The van der Waals surface area contributed by atoms with Crippen LogP contribution in [0.3, 0.4) is 0 Å². The van der Waals surface area contributed by atoms with Gasteiger partial charge in [0.05, 0.1) is 19.3 Å². The summed E-state index contributed by atoms with van der Waals surface area (Å²) in [6, 6.07) is 3.65. The third-order valence-electron chi connectivity index (χ3n) is 2.36. The van der Waals surface area contributed by atoms with E-state index in [0.29, 0.717) is 13.0 Å². The van der Waals surface area contributed by atoms with Crippen molar-refractivity contribution in [3.8, 4) is 0 Å². The molecule has 0 spiro atoms. The molecule has 1 rings (SSSR count). The standard InChI is InChI=1S/C13H19NO4/c1-3-17-13(16)7-6-12(15)14-10(2)9-11-5-4-8-18-11/h4-5,8,10H,3,6-7,9H2,1-2H3,(H,14,15)/t10-/m0/s1. The summed E-state index contributed by atoms with van der Waals surface area (Å²) >= 11 is 0. The van der Waals surface area contributed by atoms with Gasteiger partial charge in [-0.3, -0.25) is 9.59 Å². The maximum absolute atomic E-state index is 11.5. The van der Waals surface area contributed by atoms with Crippen molar-refractivity contribution in [2.24, 2.45) is 0 Å². The Labute approximate surface area is 106 Å². The molecule has 0 saturated heterocycles. The number of ether oxygens (including phenoxy) is 1. The van der Waals surface area contributed by atoms with Crippen LogP contribution in [0.25, 0.3) is 0 Å². The van der Waals surface area contributed by atoms with Crippen LogP contribution in [-0.4, -0.2) is 24.5 Å². The number of rotatable bonds is 7. The highest BCUT2D eigenvalue weighted by molar-refractivity contribution is 5.81. The lowest BCUT2D eigenvalue weighted by Crippen LogP contribution is -2.34. The zero-order valence-corrected chi connectivity index (χ0v) is 10.8. The van der Waals surface area contributed by atoms with E-state index in [9.17, 15) is 9.59 Å². The zero-order chi connectivity index (χ0) is 13.4. The minimum absolute atomic E-state index is 0.0224. The Bertz CT molecular complexity index is 372. The second-order valence-electron chi connectivity index (χ2n) is 4.06. The van der Waals surface area contributed by atoms with Gasteiger partial charge in [-0.25, -0.2) is 0 Å². The summed E-state index contributed by atoms with van der Waals surface area (Å²) < 4.78 is 9.94. The Morgan fingerprint density at radius 2 is 2.22 bits per heavy atom. The van der Waals surface area contributed by atoms with Crippen LogP contribution in [0.2, 0.25) is 0 Å². The largest absolute Gasteiger partial charge is 0.469 e. The SMILES string of the molecule is CCOC(=O)CCC(=O)N[C@@H](C)Cc1ccco1. The van der Waals surface area contributed by atoms with E-state index in [4.69, 9.17) is 9.15 Å². The summed E-state index contributed by atoms with van der Waals surface area (Å²) in [5.41, 5.74) is 0. The van der Waals surface area contributed by atoms with E-state index in [1.165, 1.54) is 0 Å². The number of nitrogens with one attached hydrogen (secondary N) is 1. The summed E-state index contributed by atoms with van der Waals surface area (Å²) in [5.74, 6) is 0.335. The normalized spacial score (nSPS) is 11.9. The van der Waals surface area contributed by atoms with Crippen molar-refractivity contribution in [3.05, 3.63) is 24.2 Å². The summed E-state index contributed by atoms with van der Waals surface area (Å²) in [7, 11) is 0. The van der Waals surface area contributed by atoms with Crippen LogP contribution in [0.4, 0.5) is 0 Å². The minimum atomic E-state index is -0.341. The average molecular weight is 253 g/mol. The molecule has 5 nitrogen and oxygen atoms in total. The van der Waals surface area contributed by atoms with Crippen molar-refractivity contribution >= 4 is 11.9 Å². The molecule has 0 radical (unpaired) electrons. The Morgan fingerprint density at radius 1 is 1.44 bits per heavy atom. The van der Waals surface area contributed by atoms with E-state index >= 15 is 0 Å². The van der Waals surface area contributed by atoms with Crippen molar-refractivity contribution in [3.63, 3.8) is 0 Å². The second-order valence-corrected chi connectivity index (χ2v) is 4.06. The van der Waals surface area contributed by atoms with Gasteiger partial charge in [-0.1, -0.05) is 0 Å². The molecule has 0 aliphatic carbocycles. The first-order valence-corrected chi connectivity index (χ1v) is 6.09. The highest BCUT2D eigenvalue weighted by Gasteiger charge is 2.11. The van der Waals surface area contributed by atoms with Crippen LogP contribution in [-0.2, 0) is 20.7 Å². The molecule has 0 saturated carbocycles. The Balaban J connectivity index is 2.21. The van der Waals surface area contributed by atoms with Crippen LogP contribution in [0.15, 0.2) is 22.8 Å². The molecule has 0 aliphatic heterocycles. The molecule has 0 unspecified atom stereocenters. The minimum Gasteiger partial charge on any atom is -0.469 e. The first kappa shape index (κ1) is 14.3. The van der Waals surface area contributed by atoms with Gasteiger partial charge in [-0.15, -0.1) is 0 Å². The second kappa shape index (κ2) is 7.53. The number of furan rings is 1. The Kier molecular flexibility index (Phi) is 5.97. The molecule has 1 amide bonds. The van der Waals surface area contributed by atoms with Gasteiger partial charge in [-0.2, -0.15) is 0 Å². The molecular formula is C13H19NO4. The maximum Gasteiger partial charge on any atom is 0.306 e. The van der Waals surface area contributed by atoms with Gasteiger partial charge in [0.1, 0.15) is 5.76 Å². The number of hydrogen-bond donors (Lipinski definition) is 1. The van der Waals surface area contributed by atoms with E-state index in [-0.39, 0.29) is 30.8 Å². The van der Waals surface area contributed by atoms with Crippen molar-refractivity contribution in [2.75, 3.05) is 6.61 Å². The van der Waals surface area contributed by atoms with Crippen molar-refractivity contribution in [1.82, 2.24) is 5.32 Å². The number of hydrogen-bond acceptors (Lipinski definition) is 4. The van der Waals surface area contributed by atoms with Gasteiger partial charge < -0.3 is 14.5 Å². The third kappa shape index (κ3) is 5.52. The lowest BCUT2D eigenvalue weighted by Gasteiger charge is -2.12. The smallest absolute Gasteiger partial charge is 0.306 e. The first-order chi connectivity index (χ1) is 8.61. The molecule has 5 heteroatoms. The maximum atomic E-state index is 11.5. The first-order valence-electron chi connectivity index (χ1n) is 6.09. The van der Waals surface area contributed by atoms with Gasteiger partial charge in [0.15, 0.2) is 0 Å². The topological polar surface area (TPSA) is 68.5 Å². The number of carbonyl (C=O) groups is 2. The van der Waals surface area contributed by atoms with Gasteiger partial charge in [-0.05, 0) is 26.0 Å². The van der Waals surface area contributed by atoms with E-state index in [0.717, 1.165) is 5.76 Å². The summed E-state index contributed by atoms with van der Waals surface area (Å²) in [6.45, 7) is 3.98. The molecular weight excluding hydrogens is 234 g/mol.